The first-order chi connectivity index (χ1) is 22.7. The second kappa shape index (κ2) is 20.7. The highest BCUT2D eigenvalue weighted by Gasteiger charge is 2.31. The van der Waals surface area contributed by atoms with Gasteiger partial charge >= 0.3 is 0 Å². The molecule has 0 bridgehead atoms. The van der Waals surface area contributed by atoms with Gasteiger partial charge in [0.15, 0.2) is 5.25 Å². The van der Waals surface area contributed by atoms with Gasteiger partial charge in [0.05, 0.1) is 59.4 Å². The maximum absolute atomic E-state index is 13.4. The summed E-state index contributed by atoms with van der Waals surface area (Å²) in [7, 11) is -4.85. The van der Waals surface area contributed by atoms with Crippen LogP contribution in [0, 0.1) is 0 Å². The zero-order chi connectivity index (χ0) is 33.9. The molecule has 0 radical (unpaired) electrons. The third kappa shape index (κ3) is 13.7. The maximum Gasteiger partial charge on any atom is 0.278 e. The molecule has 1 aliphatic heterocycles. The minimum Gasteiger partial charge on any atom is -0.379 e. The number of carbonyl (C=O) groups is 3. The minimum atomic E-state index is -4.85. The van der Waals surface area contributed by atoms with E-state index in [9.17, 15) is 27.4 Å². The van der Waals surface area contributed by atoms with E-state index in [2.05, 4.69) is 10.6 Å². The fourth-order valence-electron chi connectivity index (χ4n) is 4.87. The number of fused-ring (bicyclic) bond motifs is 2. The summed E-state index contributed by atoms with van der Waals surface area (Å²) in [4.78, 5) is 40.0. The molecule has 15 heteroatoms. The summed E-state index contributed by atoms with van der Waals surface area (Å²) in [5.74, 6) is -1.85. The summed E-state index contributed by atoms with van der Waals surface area (Å²) < 4.78 is 54.8. The van der Waals surface area contributed by atoms with Gasteiger partial charge in [0.25, 0.3) is 10.1 Å². The average Bonchev–Trinajstić information content (AvgIpc) is 3.03. The zero-order valence-corrected chi connectivity index (χ0v) is 27.4. The van der Waals surface area contributed by atoms with Crippen LogP contribution in [0.1, 0.15) is 29.5 Å². The van der Waals surface area contributed by atoms with E-state index in [1.54, 1.807) is 4.90 Å². The zero-order valence-electron chi connectivity index (χ0n) is 26.6. The van der Waals surface area contributed by atoms with Crippen molar-refractivity contribution in [2.45, 2.75) is 37.5 Å². The molecule has 1 heterocycles. The van der Waals surface area contributed by atoms with E-state index in [4.69, 9.17) is 24.7 Å². The first-order valence-corrected chi connectivity index (χ1v) is 17.2. The number of nitrogens with zero attached hydrogens (tertiary/aromatic N) is 1. The molecule has 1 aliphatic rings. The molecule has 3 amide bonds. The van der Waals surface area contributed by atoms with E-state index in [1.165, 1.54) is 0 Å². The Hall–Kier alpha value is -3.44. The Morgan fingerprint density at radius 1 is 0.766 bits per heavy atom. The van der Waals surface area contributed by atoms with Gasteiger partial charge < -0.3 is 40.2 Å². The van der Waals surface area contributed by atoms with Crippen LogP contribution in [0.2, 0.25) is 0 Å². The fraction of sp³-hybridized carbons (Fsp3) is 0.531. The smallest absolute Gasteiger partial charge is 0.278 e. The number of carbonyl (C=O) groups excluding carboxylic acids is 3. The van der Waals surface area contributed by atoms with Crippen molar-refractivity contribution in [3.8, 4) is 0 Å². The van der Waals surface area contributed by atoms with Crippen molar-refractivity contribution < 1.29 is 46.3 Å². The number of anilines is 1. The Balaban J connectivity index is 1.37. The molecule has 1 atom stereocenters. The number of amides is 3. The number of aryl methyl sites for hydroxylation is 2. The van der Waals surface area contributed by atoms with Gasteiger partial charge in [0, 0.05) is 38.2 Å². The number of hydrogen-bond donors (Lipinski definition) is 4. The van der Waals surface area contributed by atoms with E-state index in [1.807, 2.05) is 48.5 Å². The van der Waals surface area contributed by atoms with Gasteiger partial charge in [-0.25, -0.2) is 0 Å². The van der Waals surface area contributed by atoms with Gasteiger partial charge in [0.1, 0.15) is 0 Å². The maximum atomic E-state index is 13.4. The van der Waals surface area contributed by atoms with Crippen LogP contribution in [0.3, 0.4) is 0 Å². The number of benzene rings is 2. The van der Waals surface area contributed by atoms with Crippen LogP contribution < -0.4 is 21.3 Å². The van der Waals surface area contributed by atoms with Crippen molar-refractivity contribution in [1.29, 1.82) is 0 Å². The molecule has 0 saturated heterocycles. The lowest BCUT2D eigenvalue weighted by Gasteiger charge is -2.29. The highest BCUT2D eigenvalue weighted by Crippen LogP contribution is 2.28. The highest BCUT2D eigenvalue weighted by molar-refractivity contribution is 7.87. The van der Waals surface area contributed by atoms with Crippen LogP contribution in [0.4, 0.5) is 5.69 Å². The molecular formula is C32H46N4O10S. The van der Waals surface area contributed by atoms with Gasteiger partial charge in [-0.05, 0) is 35.6 Å². The average molecular weight is 679 g/mol. The van der Waals surface area contributed by atoms with Crippen molar-refractivity contribution in [3.63, 3.8) is 0 Å². The van der Waals surface area contributed by atoms with E-state index >= 15 is 0 Å². The summed E-state index contributed by atoms with van der Waals surface area (Å²) >= 11 is 0. The lowest BCUT2D eigenvalue weighted by Crippen LogP contribution is -2.47. The molecule has 47 heavy (non-hydrogen) atoms. The molecule has 0 saturated carbocycles. The Morgan fingerprint density at radius 3 is 1.96 bits per heavy atom. The highest BCUT2D eigenvalue weighted by atomic mass is 32.2. The second-order valence-corrected chi connectivity index (χ2v) is 12.3. The molecule has 0 aromatic heterocycles. The first kappa shape index (κ1) is 38.0. The molecule has 1 unspecified atom stereocenters. The van der Waals surface area contributed by atoms with Crippen LogP contribution in [-0.2, 0) is 62.8 Å². The van der Waals surface area contributed by atoms with Crippen molar-refractivity contribution in [1.82, 2.24) is 10.6 Å². The van der Waals surface area contributed by atoms with Crippen LogP contribution in [0.15, 0.2) is 48.5 Å². The van der Waals surface area contributed by atoms with Crippen molar-refractivity contribution >= 4 is 33.5 Å². The molecule has 14 nitrogen and oxygen atoms in total. The van der Waals surface area contributed by atoms with Crippen molar-refractivity contribution in [2.75, 3.05) is 77.4 Å². The Morgan fingerprint density at radius 2 is 1.32 bits per heavy atom. The van der Waals surface area contributed by atoms with E-state index in [-0.39, 0.29) is 38.5 Å². The Kier molecular flexibility index (Phi) is 16.8. The summed E-state index contributed by atoms with van der Waals surface area (Å²) in [5.41, 5.74) is 9.33. The predicted octanol–water partition coefficient (Wildman–Crippen LogP) is 0.613. The summed E-state index contributed by atoms with van der Waals surface area (Å²) in [6, 6.07) is 15.6. The third-order valence-electron chi connectivity index (χ3n) is 7.32. The van der Waals surface area contributed by atoms with Gasteiger partial charge in [-0.3, -0.25) is 18.9 Å². The number of rotatable bonds is 21. The molecular weight excluding hydrogens is 632 g/mol. The SMILES string of the molecule is NCCOCCOCCOCCOCCC(=O)NCC(C(=O)NCCC(=O)N1Cc2ccccc2CCc2ccccc21)S(=O)(=O)O. The van der Waals surface area contributed by atoms with Crippen LogP contribution in [0.25, 0.3) is 0 Å². The first-order valence-electron chi connectivity index (χ1n) is 15.7. The van der Waals surface area contributed by atoms with E-state index in [0.717, 1.165) is 35.2 Å². The number of para-hydroxylation sites is 1. The number of nitrogens with one attached hydrogen (secondary N) is 2. The molecule has 5 N–H and O–H groups in total. The lowest BCUT2D eigenvalue weighted by atomic mass is 9.95. The van der Waals surface area contributed by atoms with Crippen molar-refractivity contribution in [3.05, 3.63) is 65.2 Å². The number of nitrogens with two attached hydrogens (primary N) is 1. The quantitative estimate of drug-likeness (QED) is 0.107. The standard InChI is InChI=1S/C32H46N4O10S/c33-13-16-44-18-20-46-22-21-45-19-17-43-15-12-30(37)35-23-29(47(40,41)42)32(39)34-14-11-31(38)36-24-27-7-2-1-5-25(27)9-10-26-6-3-4-8-28(26)36/h1-8,29H,9-24,33H2,(H,34,39)(H,35,37)(H,40,41,42). The van der Waals surface area contributed by atoms with E-state index < -0.39 is 33.7 Å². The lowest BCUT2D eigenvalue weighted by molar-refractivity contribution is -0.122. The monoisotopic (exact) mass is 678 g/mol. The van der Waals surface area contributed by atoms with Crippen molar-refractivity contribution in [2.24, 2.45) is 5.73 Å². The largest absolute Gasteiger partial charge is 0.379 e. The van der Waals surface area contributed by atoms with Gasteiger partial charge in [-0.2, -0.15) is 8.42 Å². The molecule has 0 fully saturated rings. The topological polar surface area (TPSA) is 196 Å². The molecule has 0 spiro atoms. The minimum absolute atomic E-state index is 0.0408. The fourth-order valence-corrected chi connectivity index (χ4v) is 5.52. The van der Waals surface area contributed by atoms with Gasteiger partial charge in [-0.1, -0.05) is 42.5 Å². The Bertz CT molecular complexity index is 1390. The van der Waals surface area contributed by atoms with Crippen LogP contribution in [0.5, 0.6) is 0 Å². The van der Waals surface area contributed by atoms with E-state index in [0.29, 0.717) is 52.7 Å². The molecule has 3 rings (SSSR count). The predicted molar refractivity (Wildman–Crippen MR) is 174 cm³/mol. The summed E-state index contributed by atoms with van der Waals surface area (Å²) in [6.45, 7) is 2.74. The van der Waals surface area contributed by atoms with Crippen LogP contribution in [-0.4, -0.2) is 108 Å². The summed E-state index contributed by atoms with van der Waals surface area (Å²) in [6.07, 6.45) is 1.41. The van der Waals surface area contributed by atoms with Gasteiger partial charge in [-0.15, -0.1) is 0 Å². The Labute approximate surface area is 276 Å². The van der Waals surface area contributed by atoms with Crippen LogP contribution >= 0.6 is 0 Å². The third-order valence-corrected chi connectivity index (χ3v) is 8.42. The molecule has 0 aliphatic carbocycles. The normalized spacial score (nSPS) is 13.5. The van der Waals surface area contributed by atoms with Gasteiger partial charge in [0.2, 0.25) is 17.7 Å². The number of ether oxygens (including phenoxy) is 4. The molecule has 260 valence electrons. The molecule has 2 aromatic carbocycles. The second-order valence-electron chi connectivity index (χ2n) is 10.7. The number of hydrogen-bond acceptors (Lipinski definition) is 10. The molecule has 2 aromatic rings. The summed E-state index contributed by atoms with van der Waals surface area (Å²) in [5, 5.41) is 2.81.